The summed E-state index contributed by atoms with van der Waals surface area (Å²) in [7, 11) is 0. The largest absolute Gasteiger partial charge is 0.388 e. The van der Waals surface area contributed by atoms with E-state index in [-0.39, 0.29) is 19.8 Å². The molecular weight excluding hydrogens is 374 g/mol. The molecule has 1 aliphatic rings. The van der Waals surface area contributed by atoms with Crippen LogP contribution in [0.4, 0.5) is 0 Å². The average molecular weight is 399 g/mol. The second kappa shape index (κ2) is 11.5. The van der Waals surface area contributed by atoms with E-state index in [9.17, 15) is 5.11 Å². The first-order valence-electron chi connectivity index (χ1n) is 9.51. The molecule has 2 aromatic carbocycles. The molecule has 3 rings (SSSR count). The first kappa shape index (κ1) is 21.3. The summed E-state index contributed by atoms with van der Waals surface area (Å²) < 4.78 is 23.5. The van der Waals surface area contributed by atoms with Gasteiger partial charge in [-0.1, -0.05) is 65.8 Å². The van der Waals surface area contributed by atoms with E-state index in [1.165, 1.54) is 0 Å². The molecule has 2 aromatic rings. The van der Waals surface area contributed by atoms with Crippen LogP contribution in [0.2, 0.25) is 0 Å². The monoisotopic (exact) mass is 399 g/mol. The van der Waals surface area contributed by atoms with Crippen molar-refractivity contribution >= 4 is 0 Å². The summed E-state index contributed by atoms with van der Waals surface area (Å²) in [4.78, 5) is 2.71. The van der Waals surface area contributed by atoms with Gasteiger partial charge in [0.15, 0.2) is 6.29 Å². The summed E-state index contributed by atoms with van der Waals surface area (Å²) in [6.07, 6.45) is -2.86. The van der Waals surface area contributed by atoms with Gasteiger partial charge in [0.1, 0.15) is 18.3 Å². The highest BCUT2D eigenvalue weighted by atomic mass is 16.7. The topological polar surface area (TPSA) is 106 Å². The summed E-state index contributed by atoms with van der Waals surface area (Å²) in [6, 6.07) is 19.4. The Hall–Kier alpha value is -2.45. The number of rotatable bonds is 10. The quantitative estimate of drug-likeness (QED) is 0.286. The maximum Gasteiger partial charge on any atom is 0.186 e. The highest BCUT2D eigenvalue weighted by Gasteiger charge is 2.42. The number of hydrogen-bond acceptors (Lipinski definition) is 6. The van der Waals surface area contributed by atoms with Gasteiger partial charge in [-0.25, -0.2) is 0 Å². The van der Waals surface area contributed by atoms with E-state index in [1.54, 1.807) is 0 Å². The molecule has 0 radical (unpaired) electrons. The van der Waals surface area contributed by atoms with Crippen LogP contribution in [0.3, 0.4) is 0 Å². The van der Waals surface area contributed by atoms with Gasteiger partial charge in [-0.05, 0) is 16.7 Å². The number of benzene rings is 2. The Morgan fingerprint density at radius 3 is 2.10 bits per heavy atom. The molecule has 1 fully saturated rings. The molecule has 1 heterocycles. The standard InChI is InChI=1S/C21H25N3O5/c22-24-23-11-12-26-21-20(28-14-17-9-5-2-6-10-17)19(18(25)15-29-21)27-13-16-7-3-1-4-8-16/h1-10,18-21,25H,11-15H2/t18-,19?,20?,21-/m1/s1. The molecule has 29 heavy (non-hydrogen) atoms. The zero-order chi connectivity index (χ0) is 20.3. The van der Waals surface area contributed by atoms with Gasteiger partial charge in [-0.2, -0.15) is 0 Å². The predicted molar refractivity (Wildman–Crippen MR) is 106 cm³/mol. The Labute approximate surface area is 169 Å². The molecule has 8 nitrogen and oxygen atoms in total. The van der Waals surface area contributed by atoms with Crippen molar-refractivity contribution in [3.05, 3.63) is 82.2 Å². The van der Waals surface area contributed by atoms with Gasteiger partial charge in [0.05, 0.1) is 26.4 Å². The van der Waals surface area contributed by atoms with Crippen LogP contribution in [0.1, 0.15) is 11.1 Å². The van der Waals surface area contributed by atoms with Crippen LogP contribution in [0.5, 0.6) is 0 Å². The predicted octanol–water partition coefficient (Wildman–Crippen LogP) is 3.20. The summed E-state index contributed by atoms with van der Waals surface area (Å²) >= 11 is 0. The maximum absolute atomic E-state index is 10.5. The number of ether oxygens (including phenoxy) is 4. The number of hydrogen-bond donors (Lipinski definition) is 1. The van der Waals surface area contributed by atoms with E-state index in [4.69, 9.17) is 24.5 Å². The van der Waals surface area contributed by atoms with Crippen LogP contribution in [-0.2, 0) is 32.2 Å². The van der Waals surface area contributed by atoms with E-state index < -0.39 is 24.6 Å². The molecule has 0 spiro atoms. The van der Waals surface area contributed by atoms with E-state index in [1.807, 2.05) is 60.7 Å². The lowest BCUT2D eigenvalue weighted by Gasteiger charge is -2.40. The summed E-state index contributed by atoms with van der Waals surface area (Å²) in [5, 5.41) is 14.0. The van der Waals surface area contributed by atoms with Crippen molar-refractivity contribution in [2.24, 2.45) is 5.11 Å². The molecule has 0 aliphatic carbocycles. The van der Waals surface area contributed by atoms with Gasteiger partial charge in [-0.15, -0.1) is 0 Å². The molecule has 154 valence electrons. The molecule has 2 unspecified atom stereocenters. The fourth-order valence-electron chi connectivity index (χ4n) is 3.07. The first-order valence-corrected chi connectivity index (χ1v) is 9.51. The number of azide groups is 1. The third kappa shape index (κ3) is 6.54. The van der Waals surface area contributed by atoms with E-state index in [2.05, 4.69) is 10.0 Å². The van der Waals surface area contributed by atoms with Crippen LogP contribution in [0.25, 0.3) is 10.4 Å². The van der Waals surface area contributed by atoms with Crippen molar-refractivity contribution in [2.75, 3.05) is 19.8 Å². The smallest absolute Gasteiger partial charge is 0.186 e. The first-order chi connectivity index (χ1) is 14.3. The zero-order valence-electron chi connectivity index (χ0n) is 16.0. The molecule has 8 heteroatoms. The Bertz CT molecular complexity index is 770. The van der Waals surface area contributed by atoms with E-state index in [0.29, 0.717) is 13.2 Å². The van der Waals surface area contributed by atoms with Gasteiger partial charge in [0.2, 0.25) is 0 Å². The van der Waals surface area contributed by atoms with Crippen molar-refractivity contribution < 1.29 is 24.1 Å². The van der Waals surface area contributed by atoms with Crippen molar-refractivity contribution in [2.45, 2.75) is 37.8 Å². The number of aliphatic hydroxyl groups is 1. The lowest BCUT2D eigenvalue weighted by molar-refractivity contribution is -0.292. The van der Waals surface area contributed by atoms with Gasteiger partial charge in [0, 0.05) is 11.5 Å². The number of aliphatic hydroxyl groups excluding tert-OH is 1. The third-order valence-corrected chi connectivity index (χ3v) is 4.51. The van der Waals surface area contributed by atoms with Gasteiger partial charge < -0.3 is 24.1 Å². The normalized spacial score (nSPS) is 24.0. The minimum absolute atomic E-state index is 0.0663. The molecule has 1 aliphatic heterocycles. The third-order valence-electron chi connectivity index (χ3n) is 4.51. The van der Waals surface area contributed by atoms with Crippen molar-refractivity contribution in [1.29, 1.82) is 0 Å². The zero-order valence-corrected chi connectivity index (χ0v) is 16.0. The molecular formula is C21H25N3O5. The average Bonchev–Trinajstić information content (AvgIpc) is 2.77. The Balaban J connectivity index is 1.68. The van der Waals surface area contributed by atoms with Crippen LogP contribution in [0.15, 0.2) is 65.8 Å². The molecule has 0 amide bonds. The van der Waals surface area contributed by atoms with Crippen molar-refractivity contribution in [3.63, 3.8) is 0 Å². The van der Waals surface area contributed by atoms with Gasteiger partial charge >= 0.3 is 0 Å². The molecule has 0 aromatic heterocycles. The highest BCUT2D eigenvalue weighted by Crippen LogP contribution is 2.25. The lowest BCUT2D eigenvalue weighted by atomic mass is 10.0. The van der Waals surface area contributed by atoms with E-state index in [0.717, 1.165) is 11.1 Å². The second-order valence-electron chi connectivity index (χ2n) is 6.62. The molecule has 1 N–H and O–H groups in total. The molecule has 1 saturated heterocycles. The fraction of sp³-hybridized carbons (Fsp3) is 0.429. The molecule has 4 atom stereocenters. The minimum atomic E-state index is -0.850. The summed E-state index contributed by atoms with van der Waals surface area (Å²) in [6.45, 7) is 1.08. The summed E-state index contributed by atoms with van der Waals surface area (Å²) in [5.74, 6) is 0. The van der Waals surface area contributed by atoms with Gasteiger partial charge in [-0.3, -0.25) is 0 Å². The fourth-order valence-corrected chi connectivity index (χ4v) is 3.07. The Morgan fingerprint density at radius 1 is 0.931 bits per heavy atom. The van der Waals surface area contributed by atoms with Crippen LogP contribution in [0, 0.1) is 0 Å². The Kier molecular flexibility index (Phi) is 8.45. The summed E-state index contributed by atoms with van der Waals surface area (Å²) in [5.41, 5.74) is 10.4. The minimum Gasteiger partial charge on any atom is -0.388 e. The number of nitrogens with zero attached hydrogens (tertiary/aromatic N) is 3. The molecule has 0 saturated carbocycles. The second-order valence-corrected chi connectivity index (χ2v) is 6.62. The van der Waals surface area contributed by atoms with E-state index >= 15 is 0 Å². The maximum atomic E-state index is 10.5. The van der Waals surface area contributed by atoms with Crippen molar-refractivity contribution in [3.8, 4) is 0 Å². The van der Waals surface area contributed by atoms with Crippen LogP contribution in [-0.4, -0.2) is 49.5 Å². The lowest BCUT2D eigenvalue weighted by Crippen LogP contribution is -2.56. The van der Waals surface area contributed by atoms with Crippen molar-refractivity contribution in [1.82, 2.24) is 0 Å². The van der Waals surface area contributed by atoms with Gasteiger partial charge in [0.25, 0.3) is 0 Å². The Morgan fingerprint density at radius 2 is 1.52 bits per heavy atom. The molecule has 0 bridgehead atoms. The van der Waals surface area contributed by atoms with Crippen LogP contribution < -0.4 is 0 Å². The van der Waals surface area contributed by atoms with Crippen LogP contribution >= 0.6 is 0 Å². The highest BCUT2D eigenvalue weighted by molar-refractivity contribution is 5.14. The SMILES string of the molecule is [N-]=[N+]=NCCO[C@@H]1OC[C@@H](O)C(OCc2ccccc2)C1OCc1ccccc1.